The van der Waals surface area contributed by atoms with Crippen LogP contribution in [-0.2, 0) is 42.9 Å². The van der Waals surface area contributed by atoms with Crippen LogP contribution >= 0.6 is 0 Å². The molecule has 0 saturated carbocycles. The predicted molar refractivity (Wildman–Crippen MR) is 216 cm³/mol. The Morgan fingerprint density at radius 1 is 0.426 bits per heavy atom. The van der Waals surface area contributed by atoms with Gasteiger partial charge in [-0.1, -0.05) is 168 Å². The number of carbonyl (C=O) groups excluding carboxylic acids is 5. The van der Waals surface area contributed by atoms with Crippen LogP contribution in [0.1, 0.15) is 221 Å². The van der Waals surface area contributed by atoms with Crippen LogP contribution < -0.4 is 5.32 Å². The molecule has 54 heavy (non-hydrogen) atoms. The number of rotatable bonds is 37. The fraction of sp³-hybridized carbons (Fsp3) is 0.886. The molecule has 10 nitrogen and oxygen atoms in total. The van der Waals surface area contributed by atoms with Crippen LogP contribution in [0.4, 0.5) is 0 Å². The van der Waals surface area contributed by atoms with E-state index in [1.165, 1.54) is 143 Å². The molecule has 4 unspecified atom stereocenters. The van der Waals surface area contributed by atoms with E-state index in [1.807, 2.05) is 0 Å². The second kappa shape index (κ2) is 36.0. The molecule has 0 aromatic carbocycles. The van der Waals surface area contributed by atoms with Gasteiger partial charge in [-0.05, 0) is 25.7 Å². The van der Waals surface area contributed by atoms with Crippen molar-refractivity contribution in [1.29, 1.82) is 0 Å². The highest BCUT2D eigenvalue weighted by molar-refractivity contribution is 5.83. The van der Waals surface area contributed by atoms with Gasteiger partial charge in [0.15, 0.2) is 12.2 Å². The zero-order chi connectivity index (χ0) is 40.2. The molecule has 0 heterocycles. The van der Waals surface area contributed by atoms with Gasteiger partial charge in [0, 0.05) is 27.7 Å². The fourth-order valence-corrected chi connectivity index (χ4v) is 6.97. The summed E-state index contributed by atoms with van der Waals surface area (Å²) < 4.78 is 22.1. The van der Waals surface area contributed by atoms with Gasteiger partial charge in [-0.2, -0.15) is 0 Å². The van der Waals surface area contributed by atoms with Crippen molar-refractivity contribution >= 4 is 29.8 Å². The van der Waals surface area contributed by atoms with Crippen molar-refractivity contribution in [2.24, 2.45) is 0 Å². The van der Waals surface area contributed by atoms with Gasteiger partial charge in [0.2, 0.25) is 0 Å². The largest absolute Gasteiger partial charge is 0.464 e. The van der Waals surface area contributed by atoms with E-state index in [4.69, 9.17) is 18.9 Å². The number of ether oxygens (including phenoxy) is 4. The maximum Gasteiger partial charge on any atom is 0.303 e. The zero-order valence-electron chi connectivity index (χ0n) is 35.5. The van der Waals surface area contributed by atoms with Gasteiger partial charge in [0.05, 0.1) is 0 Å². The fourth-order valence-electron chi connectivity index (χ4n) is 6.97. The molecule has 316 valence electrons. The summed E-state index contributed by atoms with van der Waals surface area (Å²) >= 11 is 0. The van der Waals surface area contributed by atoms with Crippen molar-refractivity contribution < 1.29 is 42.9 Å². The average molecular weight is 768 g/mol. The summed E-state index contributed by atoms with van der Waals surface area (Å²) in [5.41, 5.74) is 0. The summed E-state index contributed by atoms with van der Waals surface area (Å²) in [5.74, 6) is -2.93. The minimum absolute atomic E-state index is 0.319. The number of carbonyl (C=O) groups is 5. The summed E-state index contributed by atoms with van der Waals surface area (Å²) in [7, 11) is 0. The topological polar surface area (TPSA) is 134 Å². The lowest BCUT2D eigenvalue weighted by Crippen LogP contribution is -2.56. The van der Waals surface area contributed by atoms with Crippen LogP contribution in [0.25, 0.3) is 0 Å². The molecule has 1 N–H and O–H groups in total. The molecule has 0 rings (SSSR count). The zero-order valence-corrected chi connectivity index (χ0v) is 35.5. The molecule has 4 atom stereocenters. The van der Waals surface area contributed by atoms with E-state index in [1.54, 1.807) is 0 Å². The van der Waals surface area contributed by atoms with Gasteiger partial charge in [0.1, 0.15) is 18.8 Å². The molecule has 0 radical (unpaired) electrons. The Hall–Kier alpha value is -2.65. The molecular formula is C44H81NO9. The molecular weight excluding hydrogens is 686 g/mol. The Morgan fingerprint density at radius 2 is 0.778 bits per heavy atom. The van der Waals surface area contributed by atoms with Gasteiger partial charge in [-0.25, -0.2) is 0 Å². The molecule has 0 fully saturated rings. The van der Waals surface area contributed by atoms with E-state index in [2.05, 4.69) is 19.2 Å². The maximum atomic E-state index is 13.6. The van der Waals surface area contributed by atoms with Crippen molar-refractivity contribution in [2.45, 2.75) is 246 Å². The molecule has 1 amide bonds. The molecule has 0 spiro atoms. The van der Waals surface area contributed by atoms with Gasteiger partial charge in [-0.15, -0.1) is 0 Å². The molecule has 0 saturated heterocycles. The van der Waals surface area contributed by atoms with E-state index >= 15 is 0 Å². The Balaban J connectivity index is 5.19. The normalized spacial score (nSPS) is 13.4. The molecule has 10 heteroatoms. The summed E-state index contributed by atoms with van der Waals surface area (Å²) in [5, 5.41) is 2.82. The number of hydrogen-bond acceptors (Lipinski definition) is 9. The van der Waals surface area contributed by atoms with E-state index < -0.39 is 54.1 Å². The van der Waals surface area contributed by atoms with Crippen molar-refractivity contribution in [1.82, 2.24) is 5.32 Å². The number of hydrogen-bond donors (Lipinski definition) is 1. The van der Waals surface area contributed by atoms with Gasteiger partial charge >= 0.3 is 23.9 Å². The first-order valence-electron chi connectivity index (χ1n) is 22.0. The van der Waals surface area contributed by atoms with Crippen molar-refractivity contribution in [2.75, 3.05) is 6.61 Å². The van der Waals surface area contributed by atoms with Gasteiger partial charge in [0.25, 0.3) is 5.91 Å². The lowest BCUT2D eigenvalue weighted by Gasteiger charge is -2.33. The number of unbranched alkanes of at least 4 members (excludes halogenated alkanes) is 24. The number of nitrogens with one attached hydrogen (secondary N) is 1. The van der Waals surface area contributed by atoms with Gasteiger partial charge < -0.3 is 24.3 Å². The molecule has 0 aliphatic heterocycles. The van der Waals surface area contributed by atoms with Crippen molar-refractivity contribution in [3.63, 3.8) is 0 Å². The monoisotopic (exact) mass is 768 g/mol. The number of esters is 4. The highest BCUT2D eigenvalue weighted by atomic mass is 16.6. The highest BCUT2D eigenvalue weighted by Gasteiger charge is 2.38. The van der Waals surface area contributed by atoms with E-state index in [0.717, 1.165) is 44.9 Å². The summed E-state index contributed by atoms with van der Waals surface area (Å²) in [6.45, 7) is 9.18. The van der Waals surface area contributed by atoms with Crippen LogP contribution in [0.2, 0.25) is 0 Å². The van der Waals surface area contributed by atoms with Crippen molar-refractivity contribution in [3.05, 3.63) is 0 Å². The van der Waals surface area contributed by atoms with E-state index in [9.17, 15) is 24.0 Å². The summed E-state index contributed by atoms with van der Waals surface area (Å²) in [4.78, 5) is 62.1. The first kappa shape index (κ1) is 51.4. The lowest BCUT2D eigenvalue weighted by atomic mass is 9.98. The Bertz CT molecular complexity index is 972. The third-order valence-corrected chi connectivity index (χ3v) is 9.94. The Kier molecular flexibility index (Phi) is 34.2. The van der Waals surface area contributed by atoms with Crippen LogP contribution in [0.5, 0.6) is 0 Å². The Morgan fingerprint density at radius 3 is 1.13 bits per heavy atom. The molecule has 0 aliphatic rings. The Labute approximate surface area is 329 Å². The van der Waals surface area contributed by atoms with Crippen LogP contribution in [0, 0.1) is 0 Å². The van der Waals surface area contributed by atoms with Crippen LogP contribution in [0.15, 0.2) is 0 Å². The molecule has 0 aromatic rings. The SMILES string of the molecule is CCCCCCCCCCCCCCCCC(OC(C)=O)C(=O)NC(COC(C)=O)C(OC(C)=O)C(CCCCCCCCCCCCCC)OC(C)=O. The summed E-state index contributed by atoms with van der Waals surface area (Å²) in [6.07, 6.45) is 28.5. The maximum absolute atomic E-state index is 13.6. The minimum Gasteiger partial charge on any atom is -0.464 e. The first-order chi connectivity index (χ1) is 26.0. The highest BCUT2D eigenvalue weighted by Crippen LogP contribution is 2.21. The summed E-state index contributed by atoms with van der Waals surface area (Å²) in [6, 6.07) is -1.04. The van der Waals surface area contributed by atoms with E-state index in [0.29, 0.717) is 19.3 Å². The van der Waals surface area contributed by atoms with Crippen LogP contribution in [-0.4, -0.2) is 60.7 Å². The lowest BCUT2D eigenvalue weighted by molar-refractivity contribution is -0.172. The number of amides is 1. The smallest absolute Gasteiger partial charge is 0.303 e. The minimum atomic E-state index is -1.12. The van der Waals surface area contributed by atoms with E-state index in [-0.39, 0.29) is 6.61 Å². The quantitative estimate of drug-likeness (QED) is 0.0372. The third kappa shape index (κ3) is 31.7. The first-order valence-corrected chi connectivity index (χ1v) is 22.0. The predicted octanol–water partition coefficient (Wildman–Crippen LogP) is 10.8. The second-order valence-electron chi connectivity index (χ2n) is 15.3. The second-order valence-corrected chi connectivity index (χ2v) is 15.3. The van der Waals surface area contributed by atoms with Gasteiger partial charge in [-0.3, -0.25) is 24.0 Å². The van der Waals surface area contributed by atoms with Crippen molar-refractivity contribution in [3.8, 4) is 0 Å². The molecule has 0 aliphatic carbocycles. The third-order valence-electron chi connectivity index (χ3n) is 9.94. The molecule has 0 bridgehead atoms. The average Bonchev–Trinajstić information content (AvgIpc) is 3.11. The molecule has 0 aromatic heterocycles. The van der Waals surface area contributed by atoms with Crippen LogP contribution in [0.3, 0.4) is 0 Å². The standard InChI is InChI=1S/C44H81NO9/c1-7-9-11-13-15-17-19-21-22-24-26-28-30-32-34-42(53-38(5)48)44(50)45-40(35-51-36(3)46)43(54-39(6)49)41(52-37(4)47)33-31-29-27-25-23-20-18-16-14-12-10-8-2/h40-43H,7-35H2,1-6H3,(H,45,50).